The Kier molecular flexibility index (Phi) is 4.33. The molecule has 7 heteroatoms. The van der Waals surface area contributed by atoms with Crippen LogP contribution in [0.4, 0.5) is 0 Å². The number of fused-ring (bicyclic) bond motifs is 1. The van der Waals surface area contributed by atoms with Crippen LogP contribution in [0.3, 0.4) is 0 Å². The average Bonchev–Trinajstić information content (AvgIpc) is 3.32. The molecule has 1 unspecified atom stereocenters. The van der Waals surface area contributed by atoms with E-state index in [-0.39, 0.29) is 12.0 Å². The van der Waals surface area contributed by atoms with Crippen molar-refractivity contribution in [2.45, 2.75) is 58.8 Å². The Morgan fingerprint density at radius 2 is 2.24 bits per heavy atom. The van der Waals surface area contributed by atoms with Gasteiger partial charge in [0.15, 0.2) is 0 Å². The fourth-order valence-corrected chi connectivity index (χ4v) is 3.73. The van der Waals surface area contributed by atoms with Crippen LogP contribution in [-0.4, -0.2) is 44.9 Å². The van der Waals surface area contributed by atoms with E-state index in [1.165, 1.54) is 0 Å². The van der Waals surface area contributed by atoms with Gasteiger partial charge in [-0.15, -0.1) is 0 Å². The van der Waals surface area contributed by atoms with Crippen LogP contribution < -0.4 is 0 Å². The predicted octanol–water partition coefficient (Wildman–Crippen LogP) is 2.26. The zero-order valence-electron chi connectivity index (χ0n) is 14.8. The average molecular weight is 344 g/mol. The summed E-state index contributed by atoms with van der Waals surface area (Å²) in [5.74, 6) is 0.890. The maximum absolute atomic E-state index is 12.9. The normalized spacial score (nSPS) is 20.1. The van der Waals surface area contributed by atoms with Gasteiger partial charge in [0.1, 0.15) is 5.76 Å². The Labute approximate surface area is 146 Å². The van der Waals surface area contributed by atoms with Crippen LogP contribution in [0.25, 0.3) is 0 Å². The van der Waals surface area contributed by atoms with E-state index in [1.807, 2.05) is 23.4 Å². The standard InChI is InChI=1S/C18H24N4O3/c1-12-16(13(2)25-20-12)11-24-14-6-8-21(10-14)18(23)15-9-19-22-7-4-3-5-17(15)22/h9,14H,3-8,10-11H2,1-2H3. The molecule has 2 aromatic rings. The Bertz CT molecular complexity index is 760. The van der Waals surface area contributed by atoms with Crippen molar-refractivity contribution < 1.29 is 14.1 Å². The van der Waals surface area contributed by atoms with Gasteiger partial charge in [-0.1, -0.05) is 5.16 Å². The Morgan fingerprint density at radius 1 is 1.36 bits per heavy atom. The van der Waals surface area contributed by atoms with Gasteiger partial charge >= 0.3 is 0 Å². The fourth-order valence-electron chi connectivity index (χ4n) is 3.73. The number of carbonyl (C=O) groups is 1. The number of hydrogen-bond acceptors (Lipinski definition) is 5. The van der Waals surface area contributed by atoms with Crippen LogP contribution in [0.15, 0.2) is 10.7 Å². The summed E-state index contributed by atoms with van der Waals surface area (Å²) in [7, 11) is 0. The lowest BCUT2D eigenvalue weighted by Gasteiger charge is -2.19. The van der Waals surface area contributed by atoms with Crippen molar-refractivity contribution in [3.05, 3.63) is 34.5 Å². The Balaban J connectivity index is 1.37. The van der Waals surface area contributed by atoms with Crippen molar-refractivity contribution in [1.82, 2.24) is 19.8 Å². The lowest BCUT2D eigenvalue weighted by atomic mass is 10.1. The van der Waals surface area contributed by atoms with Gasteiger partial charge in [-0.05, 0) is 39.5 Å². The molecule has 0 radical (unpaired) electrons. The molecule has 0 bridgehead atoms. The molecule has 25 heavy (non-hydrogen) atoms. The molecule has 0 aliphatic carbocycles. The monoisotopic (exact) mass is 344 g/mol. The van der Waals surface area contributed by atoms with Gasteiger partial charge in [-0.2, -0.15) is 5.10 Å². The summed E-state index contributed by atoms with van der Waals surface area (Å²) in [6.07, 6.45) is 5.88. The quantitative estimate of drug-likeness (QED) is 0.850. The molecule has 0 spiro atoms. The van der Waals surface area contributed by atoms with E-state index in [4.69, 9.17) is 9.26 Å². The number of aryl methyl sites for hydroxylation is 3. The second kappa shape index (κ2) is 6.63. The molecule has 1 fully saturated rings. The predicted molar refractivity (Wildman–Crippen MR) is 90.2 cm³/mol. The lowest BCUT2D eigenvalue weighted by molar-refractivity contribution is 0.0430. The number of carbonyl (C=O) groups excluding carboxylic acids is 1. The van der Waals surface area contributed by atoms with Gasteiger partial charge < -0.3 is 14.2 Å². The minimum atomic E-state index is 0.0593. The highest BCUT2D eigenvalue weighted by molar-refractivity contribution is 5.95. The van der Waals surface area contributed by atoms with E-state index in [2.05, 4.69) is 10.3 Å². The van der Waals surface area contributed by atoms with Crippen molar-refractivity contribution in [2.24, 2.45) is 0 Å². The van der Waals surface area contributed by atoms with E-state index in [9.17, 15) is 4.79 Å². The first-order valence-corrected chi connectivity index (χ1v) is 9.01. The molecule has 0 aromatic carbocycles. The topological polar surface area (TPSA) is 73.4 Å². The van der Waals surface area contributed by atoms with Gasteiger partial charge in [0.25, 0.3) is 5.91 Å². The second-order valence-corrected chi connectivity index (χ2v) is 6.96. The van der Waals surface area contributed by atoms with E-state index < -0.39 is 0 Å². The maximum Gasteiger partial charge on any atom is 0.257 e. The van der Waals surface area contributed by atoms with E-state index in [0.29, 0.717) is 13.2 Å². The molecule has 4 rings (SSSR count). The molecule has 1 saturated heterocycles. The van der Waals surface area contributed by atoms with Gasteiger partial charge in [-0.25, -0.2) is 0 Å². The third-order valence-corrected chi connectivity index (χ3v) is 5.29. The van der Waals surface area contributed by atoms with Crippen molar-refractivity contribution in [1.29, 1.82) is 0 Å². The summed E-state index contributed by atoms with van der Waals surface area (Å²) in [5.41, 5.74) is 3.74. The number of rotatable bonds is 4. The summed E-state index contributed by atoms with van der Waals surface area (Å²) in [6.45, 7) is 6.58. The van der Waals surface area contributed by atoms with Crippen LogP contribution in [0.1, 0.15) is 52.3 Å². The second-order valence-electron chi connectivity index (χ2n) is 6.96. The van der Waals surface area contributed by atoms with Gasteiger partial charge in [0, 0.05) is 25.2 Å². The maximum atomic E-state index is 12.9. The number of likely N-dealkylation sites (tertiary alicyclic amines) is 1. The number of amides is 1. The molecule has 2 aliphatic heterocycles. The number of aromatic nitrogens is 3. The third kappa shape index (κ3) is 3.08. The molecule has 134 valence electrons. The summed E-state index contributed by atoms with van der Waals surface area (Å²) in [6, 6.07) is 0. The Morgan fingerprint density at radius 3 is 3.04 bits per heavy atom. The van der Waals surface area contributed by atoms with Crippen molar-refractivity contribution in [3.8, 4) is 0 Å². The van der Waals surface area contributed by atoms with Crippen LogP contribution in [-0.2, 0) is 24.3 Å². The minimum Gasteiger partial charge on any atom is -0.371 e. The van der Waals surface area contributed by atoms with Crippen molar-refractivity contribution in [3.63, 3.8) is 0 Å². The number of nitrogens with zero attached hydrogens (tertiary/aromatic N) is 4. The van der Waals surface area contributed by atoms with E-state index in [0.717, 1.165) is 67.0 Å². The smallest absolute Gasteiger partial charge is 0.257 e. The third-order valence-electron chi connectivity index (χ3n) is 5.29. The Hall–Kier alpha value is -2.15. The van der Waals surface area contributed by atoms with E-state index in [1.54, 1.807) is 6.20 Å². The molecular formula is C18H24N4O3. The van der Waals surface area contributed by atoms with Gasteiger partial charge in [0.2, 0.25) is 0 Å². The zero-order valence-corrected chi connectivity index (χ0v) is 14.8. The van der Waals surface area contributed by atoms with Crippen LogP contribution in [0, 0.1) is 13.8 Å². The van der Waals surface area contributed by atoms with Crippen LogP contribution in [0.5, 0.6) is 0 Å². The number of hydrogen-bond donors (Lipinski definition) is 0. The summed E-state index contributed by atoms with van der Waals surface area (Å²) in [4.78, 5) is 14.8. The summed E-state index contributed by atoms with van der Waals surface area (Å²) < 4.78 is 13.2. The van der Waals surface area contributed by atoms with Gasteiger partial charge in [-0.3, -0.25) is 9.48 Å². The summed E-state index contributed by atoms with van der Waals surface area (Å²) >= 11 is 0. The van der Waals surface area contributed by atoms with Crippen molar-refractivity contribution >= 4 is 5.91 Å². The molecular weight excluding hydrogens is 320 g/mol. The first-order valence-electron chi connectivity index (χ1n) is 9.01. The fraction of sp³-hybridized carbons (Fsp3) is 0.611. The molecule has 1 atom stereocenters. The van der Waals surface area contributed by atoms with Gasteiger partial charge in [0.05, 0.1) is 35.9 Å². The van der Waals surface area contributed by atoms with Crippen molar-refractivity contribution in [2.75, 3.05) is 13.1 Å². The summed E-state index contributed by atoms with van der Waals surface area (Å²) in [5, 5.41) is 8.33. The highest BCUT2D eigenvalue weighted by Gasteiger charge is 2.30. The minimum absolute atomic E-state index is 0.0593. The van der Waals surface area contributed by atoms with Crippen LogP contribution in [0.2, 0.25) is 0 Å². The molecule has 7 nitrogen and oxygen atoms in total. The SMILES string of the molecule is Cc1noc(C)c1COC1CCN(C(=O)c2cnn3c2CCCC3)C1. The van der Waals surface area contributed by atoms with Crippen LogP contribution >= 0.6 is 0 Å². The number of ether oxygens (including phenoxy) is 1. The molecule has 1 amide bonds. The van der Waals surface area contributed by atoms with E-state index >= 15 is 0 Å². The first-order chi connectivity index (χ1) is 12.1. The lowest BCUT2D eigenvalue weighted by Crippen LogP contribution is -2.31. The molecule has 0 N–H and O–H groups in total. The molecule has 2 aromatic heterocycles. The zero-order chi connectivity index (χ0) is 17.4. The molecule has 0 saturated carbocycles. The molecule has 2 aliphatic rings. The highest BCUT2D eigenvalue weighted by atomic mass is 16.5. The first kappa shape index (κ1) is 16.3. The molecule has 4 heterocycles. The largest absolute Gasteiger partial charge is 0.371 e. The highest BCUT2D eigenvalue weighted by Crippen LogP contribution is 2.23.